The molecular formula is C15H17F3O5S. The van der Waals surface area contributed by atoms with E-state index in [9.17, 15) is 26.7 Å². The van der Waals surface area contributed by atoms with Gasteiger partial charge in [0.25, 0.3) is 9.84 Å². The number of rotatable bonds is 3. The molecule has 1 aromatic carbocycles. The zero-order valence-electron chi connectivity index (χ0n) is 12.7. The molecular weight excluding hydrogens is 349 g/mol. The van der Waals surface area contributed by atoms with Crippen molar-refractivity contribution in [3.05, 3.63) is 23.3 Å². The van der Waals surface area contributed by atoms with E-state index in [2.05, 4.69) is 0 Å². The molecule has 5 nitrogen and oxygen atoms in total. The molecule has 0 spiro atoms. The van der Waals surface area contributed by atoms with Crippen molar-refractivity contribution in [2.45, 2.75) is 48.3 Å². The normalized spacial score (nSPS) is 22.4. The van der Waals surface area contributed by atoms with Crippen LogP contribution in [0, 0.1) is 0 Å². The number of aliphatic hydroxyl groups is 1. The molecule has 24 heavy (non-hydrogen) atoms. The number of aliphatic hydroxyl groups excluding tert-OH is 1. The van der Waals surface area contributed by atoms with Crippen LogP contribution in [0.3, 0.4) is 0 Å². The first-order chi connectivity index (χ1) is 11.2. The van der Waals surface area contributed by atoms with Gasteiger partial charge in [0.15, 0.2) is 0 Å². The van der Waals surface area contributed by atoms with E-state index < -0.39 is 26.3 Å². The summed E-state index contributed by atoms with van der Waals surface area (Å²) in [5.41, 5.74) is -5.25. The van der Waals surface area contributed by atoms with Crippen LogP contribution in [-0.2, 0) is 21.0 Å². The molecule has 1 aliphatic heterocycles. The third-order valence-electron chi connectivity index (χ3n) is 4.33. The van der Waals surface area contributed by atoms with Crippen LogP contribution in [-0.4, -0.2) is 38.4 Å². The molecule has 1 aliphatic carbocycles. The van der Waals surface area contributed by atoms with Crippen LogP contribution in [0.4, 0.5) is 13.2 Å². The summed E-state index contributed by atoms with van der Waals surface area (Å²) in [5.74, 6) is 0.342. The lowest BCUT2D eigenvalue weighted by Crippen LogP contribution is -2.27. The summed E-state index contributed by atoms with van der Waals surface area (Å²) in [6, 6.07) is 2.13. The summed E-state index contributed by atoms with van der Waals surface area (Å²) in [4.78, 5) is -0.880. The molecule has 1 aromatic rings. The lowest BCUT2D eigenvalue weighted by molar-refractivity contribution is -0.0437. The van der Waals surface area contributed by atoms with Gasteiger partial charge in [0.1, 0.15) is 11.9 Å². The predicted molar refractivity (Wildman–Crippen MR) is 77.4 cm³/mol. The second-order valence-electron chi connectivity index (χ2n) is 5.89. The summed E-state index contributed by atoms with van der Waals surface area (Å²) in [7, 11) is -5.52. The molecule has 134 valence electrons. The Morgan fingerprint density at radius 3 is 2.46 bits per heavy atom. The van der Waals surface area contributed by atoms with Gasteiger partial charge < -0.3 is 14.6 Å². The fourth-order valence-electron chi connectivity index (χ4n) is 3.11. The fourth-order valence-corrected chi connectivity index (χ4v) is 4.16. The Hall–Kier alpha value is -1.32. The highest BCUT2D eigenvalue weighted by molar-refractivity contribution is 7.92. The maximum absolute atomic E-state index is 12.9. The van der Waals surface area contributed by atoms with Crippen molar-refractivity contribution in [1.82, 2.24) is 0 Å². The molecule has 1 saturated heterocycles. The third-order valence-corrected chi connectivity index (χ3v) is 5.88. The Labute approximate surface area is 137 Å². The fraction of sp³-hybridized carbons (Fsp3) is 0.600. The molecule has 0 saturated carbocycles. The first-order valence-corrected chi connectivity index (χ1v) is 9.09. The lowest BCUT2D eigenvalue weighted by atomic mass is 10.1. The van der Waals surface area contributed by atoms with Gasteiger partial charge >= 0.3 is 5.51 Å². The standard InChI is InChI=1S/C15H17F3O5S/c16-15(17,18)24(20,21)13-4-3-12(10-1-2-11(19)14(10)13)23-9-5-7-22-8-6-9/h3-4,9,11,19H,1-2,5-8H2/t11-/m0/s1. The van der Waals surface area contributed by atoms with Crippen molar-refractivity contribution in [3.63, 3.8) is 0 Å². The van der Waals surface area contributed by atoms with E-state index >= 15 is 0 Å². The lowest BCUT2D eigenvalue weighted by Gasteiger charge is -2.25. The molecule has 3 rings (SSSR count). The monoisotopic (exact) mass is 366 g/mol. The number of hydrogen-bond acceptors (Lipinski definition) is 5. The van der Waals surface area contributed by atoms with Crippen LogP contribution in [0.5, 0.6) is 5.75 Å². The van der Waals surface area contributed by atoms with Gasteiger partial charge in [-0.15, -0.1) is 0 Å². The summed E-state index contributed by atoms with van der Waals surface area (Å²) < 4.78 is 73.2. The highest BCUT2D eigenvalue weighted by atomic mass is 32.2. The minimum absolute atomic E-state index is 0.134. The highest BCUT2D eigenvalue weighted by Crippen LogP contribution is 2.44. The van der Waals surface area contributed by atoms with Gasteiger partial charge in [-0.3, -0.25) is 0 Å². The first kappa shape index (κ1) is 17.5. The molecule has 0 unspecified atom stereocenters. The van der Waals surface area contributed by atoms with Crippen molar-refractivity contribution in [3.8, 4) is 5.75 Å². The largest absolute Gasteiger partial charge is 0.501 e. The van der Waals surface area contributed by atoms with Gasteiger partial charge in [0.2, 0.25) is 0 Å². The second-order valence-corrected chi connectivity index (χ2v) is 7.80. The Kier molecular flexibility index (Phi) is 4.52. The van der Waals surface area contributed by atoms with E-state index in [1.54, 1.807) is 0 Å². The van der Waals surface area contributed by atoms with Gasteiger partial charge in [-0.2, -0.15) is 13.2 Å². The van der Waals surface area contributed by atoms with Crippen LogP contribution >= 0.6 is 0 Å². The van der Waals surface area contributed by atoms with E-state index in [1.807, 2.05) is 0 Å². The van der Waals surface area contributed by atoms with Gasteiger partial charge in [-0.05, 0) is 25.0 Å². The molecule has 0 aromatic heterocycles. The summed E-state index contributed by atoms with van der Waals surface area (Å²) in [6.07, 6.45) is 0.371. The number of sulfone groups is 1. The van der Waals surface area contributed by atoms with Crippen molar-refractivity contribution in [2.75, 3.05) is 13.2 Å². The molecule has 0 amide bonds. The highest BCUT2D eigenvalue weighted by Gasteiger charge is 2.49. The molecule has 1 N–H and O–H groups in total. The second kappa shape index (κ2) is 6.20. The van der Waals surface area contributed by atoms with Crippen LogP contribution in [0.1, 0.15) is 36.5 Å². The number of fused-ring (bicyclic) bond motifs is 1. The van der Waals surface area contributed by atoms with Crippen LogP contribution in [0.2, 0.25) is 0 Å². The van der Waals surface area contributed by atoms with Crippen molar-refractivity contribution >= 4 is 9.84 Å². The summed E-state index contributed by atoms with van der Waals surface area (Å²) in [6.45, 7) is 1.08. The maximum atomic E-state index is 12.9. The predicted octanol–water partition coefficient (Wildman–Crippen LogP) is 2.52. The maximum Gasteiger partial charge on any atom is 0.501 e. The molecule has 9 heteroatoms. The van der Waals surface area contributed by atoms with Crippen LogP contribution in [0.15, 0.2) is 17.0 Å². The van der Waals surface area contributed by atoms with Crippen molar-refractivity contribution < 1.29 is 36.2 Å². The van der Waals surface area contributed by atoms with Crippen LogP contribution in [0.25, 0.3) is 0 Å². The SMILES string of the molecule is O=S(=O)(c1ccc(OC2CCOCC2)c2c1[C@@H](O)CC2)C(F)(F)F. The van der Waals surface area contributed by atoms with E-state index in [4.69, 9.17) is 9.47 Å². The molecule has 1 fully saturated rings. The number of benzene rings is 1. The zero-order valence-corrected chi connectivity index (χ0v) is 13.5. The topological polar surface area (TPSA) is 72.8 Å². The Balaban J connectivity index is 2.01. The van der Waals surface area contributed by atoms with Crippen molar-refractivity contribution in [2.24, 2.45) is 0 Å². The zero-order chi connectivity index (χ0) is 17.5. The average molecular weight is 366 g/mol. The smallest absolute Gasteiger partial charge is 0.490 e. The van der Waals surface area contributed by atoms with Gasteiger partial charge in [-0.1, -0.05) is 0 Å². The number of alkyl halides is 3. The first-order valence-electron chi connectivity index (χ1n) is 7.61. The molecule has 0 radical (unpaired) electrons. The minimum atomic E-state index is -5.52. The quantitative estimate of drug-likeness (QED) is 0.890. The van der Waals surface area contributed by atoms with E-state index in [0.717, 1.165) is 6.07 Å². The van der Waals surface area contributed by atoms with E-state index in [1.165, 1.54) is 6.07 Å². The molecule has 1 atom stereocenters. The number of ether oxygens (including phenoxy) is 2. The van der Waals surface area contributed by atoms with E-state index in [0.29, 0.717) is 37.4 Å². The number of halogens is 3. The van der Waals surface area contributed by atoms with Gasteiger partial charge in [0.05, 0.1) is 24.2 Å². The Morgan fingerprint density at radius 1 is 1.17 bits per heavy atom. The van der Waals surface area contributed by atoms with Gasteiger partial charge in [0, 0.05) is 24.0 Å². The van der Waals surface area contributed by atoms with Gasteiger partial charge in [-0.25, -0.2) is 8.42 Å². The Bertz CT molecular complexity index is 723. The summed E-state index contributed by atoms with van der Waals surface area (Å²) >= 11 is 0. The Morgan fingerprint density at radius 2 is 1.83 bits per heavy atom. The molecule has 0 bridgehead atoms. The molecule has 1 heterocycles. The summed E-state index contributed by atoms with van der Waals surface area (Å²) in [5, 5.41) is 10.0. The van der Waals surface area contributed by atoms with E-state index in [-0.39, 0.29) is 24.5 Å². The molecule has 2 aliphatic rings. The average Bonchev–Trinajstić information content (AvgIpc) is 2.90. The minimum Gasteiger partial charge on any atom is -0.490 e. The number of hydrogen-bond donors (Lipinski definition) is 1. The third kappa shape index (κ3) is 3.00. The van der Waals surface area contributed by atoms with Crippen LogP contribution < -0.4 is 4.74 Å². The van der Waals surface area contributed by atoms with Crippen molar-refractivity contribution in [1.29, 1.82) is 0 Å².